The maximum absolute atomic E-state index is 12.7. The average Bonchev–Trinajstić information content (AvgIpc) is 2.61. The van der Waals surface area contributed by atoms with E-state index in [0.29, 0.717) is 12.3 Å². The third-order valence-corrected chi connectivity index (χ3v) is 6.05. The minimum atomic E-state index is -3.41. The third kappa shape index (κ3) is 4.07. The molecule has 0 amide bonds. The van der Waals surface area contributed by atoms with Crippen LogP contribution in [0.15, 0.2) is 42.5 Å². The van der Waals surface area contributed by atoms with Gasteiger partial charge in [-0.15, -0.1) is 0 Å². The molecule has 0 atom stereocenters. The molecule has 1 aliphatic heterocycles. The third-order valence-electron chi connectivity index (χ3n) is 4.32. The van der Waals surface area contributed by atoms with E-state index < -0.39 is 10.0 Å². The van der Waals surface area contributed by atoms with Gasteiger partial charge in [-0.2, -0.15) is 0 Å². The van der Waals surface area contributed by atoms with E-state index in [2.05, 4.69) is 6.07 Å². The lowest BCUT2D eigenvalue weighted by atomic mass is 10.0. The molecule has 0 N–H and O–H groups in total. The molecular formula is C19H23NO4S. The highest BCUT2D eigenvalue weighted by Gasteiger charge is 2.27. The lowest BCUT2D eigenvalue weighted by Crippen LogP contribution is -2.38. The smallest absolute Gasteiger partial charge is 0.238 e. The number of sulfonamides is 1. The van der Waals surface area contributed by atoms with Crippen LogP contribution in [0.5, 0.6) is 11.5 Å². The zero-order valence-corrected chi connectivity index (χ0v) is 15.4. The first-order chi connectivity index (χ1) is 12.0. The van der Waals surface area contributed by atoms with Crippen LogP contribution in [0.2, 0.25) is 0 Å². The van der Waals surface area contributed by atoms with Crippen molar-refractivity contribution in [3.63, 3.8) is 0 Å². The van der Waals surface area contributed by atoms with Crippen molar-refractivity contribution < 1.29 is 17.9 Å². The molecule has 0 spiro atoms. The average molecular weight is 361 g/mol. The standard InChI is InChI=1S/C19H23NO4S/c1-15-5-10-19-16(14-15)4-3-11-20(19)25(21,22)13-12-24-18-8-6-17(23-2)7-9-18/h5-10,14H,3-4,11-13H2,1-2H3. The minimum Gasteiger partial charge on any atom is -0.497 e. The number of hydrogen-bond donors (Lipinski definition) is 0. The molecule has 3 rings (SSSR count). The van der Waals surface area contributed by atoms with E-state index in [9.17, 15) is 8.42 Å². The summed E-state index contributed by atoms with van der Waals surface area (Å²) in [5.41, 5.74) is 3.06. The Bertz CT molecular complexity index is 831. The number of fused-ring (bicyclic) bond motifs is 1. The Kier molecular flexibility index (Phi) is 5.18. The molecule has 0 saturated carbocycles. The van der Waals surface area contributed by atoms with Crippen molar-refractivity contribution in [2.75, 3.05) is 30.3 Å². The summed E-state index contributed by atoms with van der Waals surface area (Å²) in [5, 5.41) is 0. The van der Waals surface area contributed by atoms with Gasteiger partial charge in [0.1, 0.15) is 23.9 Å². The molecule has 0 saturated heterocycles. The second kappa shape index (κ2) is 7.35. The Morgan fingerprint density at radius 2 is 1.80 bits per heavy atom. The molecule has 2 aromatic rings. The molecule has 0 bridgehead atoms. The Morgan fingerprint density at radius 3 is 2.52 bits per heavy atom. The summed E-state index contributed by atoms with van der Waals surface area (Å²) in [4.78, 5) is 0. The summed E-state index contributed by atoms with van der Waals surface area (Å²) < 4.78 is 37.7. The lowest BCUT2D eigenvalue weighted by Gasteiger charge is -2.30. The van der Waals surface area contributed by atoms with Crippen LogP contribution in [0.25, 0.3) is 0 Å². The van der Waals surface area contributed by atoms with Crippen molar-refractivity contribution in [2.45, 2.75) is 19.8 Å². The molecule has 0 aromatic heterocycles. The van der Waals surface area contributed by atoms with Crippen LogP contribution in [-0.2, 0) is 16.4 Å². The molecule has 1 heterocycles. The van der Waals surface area contributed by atoms with Gasteiger partial charge in [-0.05, 0) is 55.7 Å². The highest BCUT2D eigenvalue weighted by Crippen LogP contribution is 2.30. The molecule has 1 aliphatic rings. The van der Waals surface area contributed by atoms with Gasteiger partial charge in [-0.1, -0.05) is 17.7 Å². The van der Waals surface area contributed by atoms with E-state index in [0.717, 1.165) is 35.4 Å². The van der Waals surface area contributed by atoms with Crippen molar-refractivity contribution in [1.82, 2.24) is 0 Å². The maximum atomic E-state index is 12.7. The minimum absolute atomic E-state index is 0.0493. The number of anilines is 1. The largest absolute Gasteiger partial charge is 0.497 e. The van der Waals surface area contributed by atoms with Crippen molar-refractivity contribution in [2.24, 2.45) is 0 Å². The van der Waals surface area contributed by atoms with E-state index in [4.69, 9.17) is 9.47 Å². The summed E-state index contributed by atoms with van der Waals surface area (Å²) in [6.45, 7) is 2.67. The zero-order chi connectivity index (χ0) is 17.9. The SMILES string of the molecule is COc1ccc(OCCS(=O)(=O)N2CCCc3cc(C)ccc32)cc1. The number of hydrogen-bond acceptors (Lipinski definition) is 4. The first-order valence-corrected chi connectivity index (χ1v) is 9.97. The summed E-state index contributed by atoms with van der Waals surface area (Å²) >= 11 is 0. The fourth-order valence-corrected chi connectivity index (χ4v) is 4.43. The Hall–Kier alpha value is -2.21. The van der Waals surface area contributed by atoms with Crippen molar-refractivity contribution in [1.29, 1.82) is 0 Å². The fourth-order valence-electron chi connectivity index (χ4n) is 3.03. The number of methoxy groups -OCH3 is 1. The number of benzene rings is 2. The lowest BCUT2D eigenvalue weighted by molar-refractivity contribution is 0.339. The quantitative estimate of drug-likeness (QED) is 0.793. The van der Waals surface area contributed by atoms with E-state index >= 15 is 0 Å². The normalized spacial score (nSPS) is 14.1. The monoisotopic (exact) mass is 361 g/mol. The van der Waals surface area contributed by atoms with Gasteiger partial charge in [-0.25, -0.2) is 8.42 Å². The van der Waals surface area contributed by atoms with Gasteiger partial charge >= 0.3 is 0 Å². The van der Waals surface area contributed by atoms with E-state index in [-0.39, 0.29) is 12.4 Å². The molecule has 0 fully saturated rings. The number of rotatable bonds is 6. The van der Waals surface area contributed by atoms with Crippen molar-refractivity contribution in [3.8, 4) is 11.5 Å². The molecule has 5 nitrogen and oxygen atoms in total. The summed E-state index contributed by atoms with van der Waals surface area (Å²) in [7, 11) is -1.81. The second-order valence-corrected chi connectivity index (χ2v) is 8.16. The molecular weight excluding hydrogens is 338 g/mol. The Morgan fingerprint density at radius 1 is 1.08 bits per heavy atom. The Labute approximate surface area is 149 Å². The Balaban J connectivity index is 1.66. The van der Waals surface area contributed by atoms with Gasteiger partial charge in [0.05, 0.1) is 12.8 Å². The van der Waals surface area contributed by atoms with Crippen LogP contribution < -0.4 is 13.8 Å². The molecule has 0 radical (unpaired) electrons. The van der Waals surface area contributed by atoms with Gasteiger partial charge in [0.2, 0.25) is 10.0 Å². The molecule has 134 valence electrons. The number of ether oxygens (including phenoxy) is 2. The van der Waals surface area contributed by atoms with Crippen LogP contribution >= 0.6 is 0 Å². The van der Waals surface area contributed by atoms with Gasteiger partial charge in [-0.3, -0.25) is 4.31 Å². The molecule has 0 unspecified atom stereocenters. The van der Waals surface area contributed by atoms with Gasteiger partial charge < -0.3 is 9.47 Å². The van der Waals surface area contributed by atoms with E-state index in [1.54, 1.807) is 31.4 Å². The van der Waals surface area contributed by atoms with E-state index in [1.807, 2.05) is 19.1 Å². The van der Waals surface area contributed by atoms with Crippen LogP contribution in [0, 0.1) is 6.92 Å². The fraction of sp³-hybridized carbons (Fsp3) is 0.368. The molecule has 2 aromatic carbocycles. The number of aryl methyl sites for hydroxylation is 2. The first kappa shape index (κ1) is 17.6. The predicted molar refractivity (Wildman–Crippen MR) is 99.1 cm³/mol. The molecule has 6 heteroatoms. The molecule has 25 heavy (non-hydrogen) atoms. The summed E-state index contributed by atoms with van der Waals surface area (Å²) in [5.74, 6) is 1.32. The predicted octanol–water partition coefficient (Wildman–Crippen LogP) is 3.17. The van der Waals surface area contributed by atoms with Gasteiger partial charge in [0, 0.05) is 6.54 Å². The van der Waals surface area contributed by atoms with Gasteiger partial charge in [0.15, 0.2) is 0 Å². The first-order valence-electron chi connectivity index (χ1n) is 8.36. The highest BCUT2D eigenvalue weighted by atomic mass is 32.2. The second-order valence-electron chi connectivity index (χ2n) is 6.15. The number of nitrogens with zero attached hydrogens (tertiary/aromatic N) is 1. The van der Waals surface area contributed by atoms with Crippen molar-refractivity contribution >= 4 is 15.7 Å². The van der Waals surface area contributed by atoms with Crippen LogP contribution in [-0.4, -0.2) is 34.4 Å². The van der Waals surface area contributed by atoms with Crippen LogP contribution in [0.3, 0.4) is 0 Å². The summed E-state index contributed by atoms with van der Waals surface area (Å²) in [6, 6.07) is 13.0. The zero-order valence-electron chi connectivity index (χ0n) is 14.6. The van der Waals surface area contributed by atoms with Crippen LogP contribution in [0.4, 0.5) is 5.69 Å². The van der Waals surface area contributed by atoms with E-state index in [1.165, 1.54) is 4.31 Å². The van der Waals surface area contributed by atoms with Crippen molar-refractivity contribution in [3.05, 3.63) is 53.6 Å². The highest BCUT2D eigenvalue weighted by molar-refractivity contribution is 7.92. The maximum Gasteiger partial charge on any atom is 0.238 e. The molecule has 0 aliphatic carbocycles. The topological polar surface area (TPSA) is 55.8 Å². The van der Waals surface area contributed by atoms with Crippen LogP contribution in [0.1, 0.15) is 17.5 Å². The summed E-state index contributed by atoms with van der Waals surface area (Å²) in [6.07, 6.45) is 1.76. The van der Waals surface area contributed by atoms with Gasteiger partial charge in [0.25, 0.3) is 0 Å².